The maximum atomic E-state index is 13.3. The zero-order valence-corrected chi connectivity index (χ0v) is 17.4. The van der Waals surface area contributed by atoms with Crippen molar-refractivity contribution in [3.63, 3.8) is 0 Å². The third-order valence-corrected chi connectivity index (χ3v) is 5.53. The first-order chi connectivity index (χ1) is 14.0. The number of fused-ring (bicyclic) bond motifs is 1. The molecule has 0 atom stereocenters. The van der Waals surface area contributed by atoms with Gasteiger partial charge in [-0.1, -0.05) is 36.4 Å². The highest BCUT2D eigenvalue weighted by Gasteiger charge is 2.21. The molecule has 0 saturated carbocycles. The van der Waals surface area contributed by atoms with Crippen LogP contribution >= 0.6 is 0 Å². The molecule has 0 spiro atoms. The number of benzene rings is 2. The first-order valence-electron chi connectivity index (χ1n) is 9.95. The molecule has 1 amide bonds. The molecule has 0 N–H and O–H groups in total. The van der Waals surface area contributed by atoms with E-state index in [1.807, 2.05) is 67.2 Å². The Morgan fingerprint density at radius 3 is 2.45 bits per heavy atom. The molecular weight excluding hydrogens is 360 g/mol. The molecule has 2 heterocycles. The van der Waals surface area contributed by atoms with E-state index in [0.29, 0.717) is 6.54 Å². The van der Waals surface area contributed by atoms with Crippen LogP contribution in [-0.2, 0) is 13.1 Å². The van der Waals surface area contributed by atoms with E-state index >= 15 is 0 Å². The lowest BCUT2D eigenvalue weighted by atomic mass is 10.1. The van der Waals surface area contributed by atoms with Gasteiger partial charge in [-0.2, -0.15) is 5.10 Å². The molecule has 5 nitrogen and oxygen atoms in total. The van der Waals surface area contributed by atoms with E-state index in [9.17, 15) is 4.79 Å². The Morgan fingerprint density at radius 1 is 1.03 bits per heavy atom. The van der Waals surface area contributed by atoms with Crippen LogP contribution in [0.2, 0.25) is 0 Å². The van der Waals surface area contributed by atoms with E-state index in [1.165, 1.54) is 0 Å². The molecule has 0 radical (unpaired) electrons. The van der Waals surface area contributed by atoms with Crippen LogP contribution in [0.15, 0.2) is 60.7 Å². The first-order valence-corrected chi connectivity index (χ1v) is 9.95. The zero-order valence-electron chi connectivity index (χ0n) is 17.4. The standard InChI is InChI=1S/C24H26N4O/c1-5-27-22-14-10-9-11-19(22)15-23(27)24(29)26(4)16-21-17(2)25-28(18(21)3)20-12-7-6-8-13-20/h6-15H,5,16H2,1-4H3. The van der Waals surface area contributed by atoms with E-state index in [1.54, 1.807) is 4.90 Å². The summed E-state index contributed by atoms with van der Waals surface area (Å²) >= 11 is 0. The van der Waals surface area contributed by atoms with Gasteiger partial charge in [-0.3, -0.25) is 4.79 Å². The van der Waals surface area contributed by atoms with Crippen molar-refractivity contribution in [2.24, 2.45) is 0 Å². The summed E-state index contributed by atoms with van der Waals surface area (Å²) in [6.07, 6.45) is 0. The molecule has 0 saturated heterocycles. The highest BCUT2D eigenvalue weighted by atomic mass is 16.2. The molecule has 0 fully saturated rings. The minimum Gasteiger partial charge on any atom is -0.337 e. The summed E-state index contributed by atoms with van der Waals surface area (Å²) in [5.74, 6) is 0.0225. The predicted molar refractivity (Wildman–Crippen MR) is 116 cm³/mol. The molecule has 0 aliphatic carbocycles. The lowest BCUT2D eigenvalue weighted by Crippen LogP contribution is -2.28. The van der Waals surface area contributed by atoms with E-state index < -0.39 is 0 Å². The van der Waals surface area contributed by atoms with Crippen molar-refractivity contribution in [1.82, 2.24) is 19.2 Å². The van der Waals surface area contributed by atoms with Gasteiger partial charge in [0.15, 0.2) is 0 Å². The van der Waals surface area contributed by atoms with Crippen molar-refractivity contribution in [2.45, 2.75) is 33.9 Å². The van der Waals surface area contributed by atoms with Crippen molar-refractivity contribution >= 4 is 16.8 Å². The number of hydrogen-bond acceptors (Lipinski definition) is 2. The van der Waals surface area contributed by atoms with Gasteiger partial charge in [0, 0.05) is 42.3 Å². The van der Waals surface area contributed by atoms with Gasteiger partial charge in [-0.25, -0.2) is 4.68 Å². The van der Waals surface area contributed by atoms with E-state index in [4.69, 9.17) is 5.10 Å². The summed E-state index contributed by atoms with van der Waals surface area (Å²) in [5.41, 5.74) is 5.94. The summed E-state index contributed by atoms with van der Waals surface area (Å²) in [5, 5.41) is 5.80. The summed E-state index contributed by atoms with van der Waals surface area (Å²) in [6.45, 7) is 7.41. The average Bonchev–Trinajstić information content (AvgIpc) is 3.26. The van der Waals surface area contributed by atoms with E-state index in [0.717, 1.165) is 45.8 Å². The van der Waals surface area contributed by atoms with Gasteiger partial charge in [0.1, 0.15) is 5.69 Å². The Bertz CT molecular complexity index is 1170. The van der Waals surface area contributed by atoms with Crippen LogP contribution in [-0.4, -0.2) is 32.2 Å². The number of aryl methyl sites for hydroxylation is 2. The maximum absolute atomic E-state index is 13.3. The van der Waals surface area contributed by atoms with Gasteiger partial charge in [0.2, 0.25) is 0 Å². The highest BCUT2D eigenvalue weighted by molar-refractivity contribution is 5.98. The predicted octanol–water partition coefficient (Wildman–Crippen LogP) is 4.74. The quantitative estimate of drug-likeness (QED) is 0.497. The Kier molecular flexibility index (Phi) is 4.97. The lowest BCUT2D eigenvalue weighted by molar-refractivity contribution is 0.0774. The summed E-state index contributed by atoms with van der Waals surface area (Å²) in [7, 11) is 1.86. The number of para-hydroxylation sites is 2. The minimum atomic E-state index is 0.0225. The largest absolute Gasteiger partial charge is 0.337 e. The normalized spacial score (nSPS) is 11.2. The second-order valence-corrected chi connectivity index (χ2v) is 7.39. The van der Waals surface area contributed by atoms with Crippen LogP contribution in [0.3, 0.4) is 0 Å². The number of nitrogens with zero attached hydrogens (tertiary/aromatic N) is 4. The summed E-state index contributed by atoms with van der Waals surface area (Å²) < 4.78 is 4.04. The smallest absolute Gasteiger partial charge is 0.270 e. The van der Waals surface area contributed by atoms with Crippen LogP contribution in [0.25, 0.3) is 16.6 Å². The van der Waals surface area contributed by atoms with Crippen LogP contribution < -0.4 is 0 Å². The van der Waals surface area contributed by atoms with Crippen LogP contribution in [0.5, 0.6) is 0 Å². The third-order valence-electron chi connectivity index (χ3n) is 5.53. The third kappa shape index (κ3) is 3.33. The van der Waals surface area contributed by atoms with Gasteiger partial charge in [-0.05, 0) is 45.0 Å². The SMILES string of the molecule is CCn1c(C(=O)N(C)Cc2c(C)nn(-c3ccccc3)c2C)cc2ccccc21. The zero-order chi connectivity index (χ0) is 20.5. The van der Waals surface area contributed by atoms with E-state index in [-0.39, 0.29) is 5.91 Å². The highest BCUT2D eigenvalue weighted by Crippen LogP contribution is 2.23. The fourth-order valence-corrected chi connectivity index (χ4v) is 3.96. The lowest BCUT2D eigenvalue weighted by Gasteiger charge is -2.19. The number of hydrogen-bond donors (Lipinski definition) is 0. The number of carbonyl (C=O) groups is 1. The van der Waals surface area contributed by atoms with Gasteiger partial charge in [-0.15, -0.1) is 0 Å². The van der Waals surface area contributed by atoms with Crippen molar-refractivity contribution in [2.75, 3.05) is 7.05 Å². The van der Waals surface area contributed by atoms with E-state index in [2.05, 4.69) is 30.5 Å². The molecule has 4 rings (SSSR count). The molecule has 5 heteroatoms. The molecule has 0 aliphatic rings. The van der Waals surface area contributed by atoms with Gasteiger partial charge in [0.25, 0.3) is 5.91 Å². The Labute approximate surface area is 171 Å². The van der Waals surface area contributed by atoms with Crippen LogP contribution in [0.4, 0.5) is 0 Å². The molecule has 4 aromatic rings. The molecule has 0 unspecified atom stereocenters. The molecule has 29 heavy (non-hydrogen) atoms. The maximum Gasteiger partial charge on any atom is 0.270 e. The molecule has 148 valence electrons. The fourth-order valence-electron chi connectivity index (χ4n) is 3.96. The number of rotatable bonds is 5. The Balaban J connectivity index is 1.64. The summed E-state index contributed by atoms with van der Waals surface area (Å²) in [4.78, 5) is 15.1. The van der Waals surface area contributed by atoms with Gasteiger partial charge in [0.05, 0.1) is 11.4 Å². The van der Waals surface area contributed by atoms with Gasteiger partial charge >= 0.3 is 0 Å². The number of carbonyl (C=O) groups excluding carboxylic acids is 1. The Hall–Kier alpha value is -3.34. The topological polar surface area (TPSA) is 43.1 Å². The minimum absolute atomic E-state index is 0.0225. The number of aromatic nitrogens is 3. The van der Waals surface area contributed by atoms with Crippen molar-refractivity contribution in [3.8, 4) is 5.69 Å². The van der Waals surface area contributed by atoms with Crippen molar-refractivity contribution in [3.05, 3.63) is 83.3 Å². The second kappa shape index (κ2) is 7.59. The summed E-state index contributed by atoms with van der Waals surface area (Å²) in [6, 6.07) is 20.2. The van der Waals surface area contributed by atoms with Crippen molar-refractivity contribution in [1.29, 1.82) is 0 Å². The monoisotopic (exact) mass is 386 g/mol. The fraction of sp³-hybridized carbons (Fsp3) is 0.250. The first kappa shape index (κ1) is 19.0. The average molecular weight is 386 g/mol. The molecule has 2 aromatic heterocycles. The molecular formula is C24H26N4O. The van der Waals surface area contributed by atoms with Crippen LogP contribution in [0, 0.1) is 13.8 Å². The Morgan fingerprint density at radius 2 is 1.72 bits per heavy atom. The molecule has 0 bridgehead atoms. The molecule has 2 aromatic carbocycles. The van der Waals surface area contributed by atoms with Gasteiger partial charge < -0.3 is 9.47 Å². The van der Waals surface area contributed by atoms with Crippen molar-refractivity contribution < 1.29 is 4.79 Å². The second-order valence-electron chi connectivity index (χ2n) is 7.39. The molecule has 0 aliphatic heterocycles. The van der Waals surface area contributed by atoms with Crippen LogP contribution in [0.1, 0.15) is 34.4 Å². The number of amides is 1.